The Hall–Kier alpha value is -0.226. The third-order valence-electron chi connectivity index (χ3n) is 7.19. The molecule has 2 unspecified atom stereocenters. The number of unbranched alkanes of at least 4 members (excludes halogenated alkanes) is 6. The van der Waals surface area contributed by atoms with E-state index in [9.17, 15) is 29.7 Å². The van der Waals surface area contributed by atoms with Crippen molar-refractivity contribution < 1.29 is 71.0 Å². The summed E-state index contributed by atoms with van der Waals surface area (Å²) in [5.41, 5.74) is -1.84. The second-order valence-corrected chi connectivity index (χ2v) is 11.3. The molecule has 0 aromatic heterocycles. The number of rotatable bonds is 18. The minimum atomic E-state index is -0.931. The summed E-state index contributed by atoms with van der Waals surface area (Å²) in [7, 11) is 0. The fourth-order valence-electron chi connectivity index (χ4n) is 3.73. The van der Waals surface area contributed by atoms with Crippen LogP contribution in [0.15, 0.2) is 0 Å². The third kappa shape index (κ3) is 22.3. The quantitative estimate of drug-likeness (QED) is 0.188. The molecule has 0 aromatic carbocycles. The maximum absolute atomic E-state index is 10.8. The van der Waals surface area contributed by atoms with Crippen molar-refractivity contribution in [1.82, 2.24) is 0 Å². The molecule has 0 bridgehead atoms. The van der Waals surface area contributed by atoms with Gasteiger partial charge in [0.25, 0.3) is 0 Å². The van der Waals surface area contributed by atoms with Crippen LogP contribution in [0.3, 0.4) is 0 Å². The molecule has 0 heterocycles. The van der Waals surface area contributed by atoms with Crippen molar-refractivity contribution in [2.75, 3.05) is 0 Å². The molecule has 2 atom stereocenters. The summed E-state index contributed by atoms with van der Waals surface area (Å²) in [5, 5.41) is 32.1. The monoisotopic (exact) mass is 654 g/mol. The Morgan fingerprint density at radius 2 is 0.892 bits per heavy atom. The number of hydrogen-bond acceptors (Lipinski definition) is 6. The molecular weight excluding hydrogens is 597 g/mol. The zero-order chi connectivity index (χ0) is 28.8. The fourth-order valence-corrected chi connectivity index (χ4v) is 3.73. The topological polar surface area (TPSA) is 120 Å². The molecule has 0 aliphatic heterocycles. The van der Waals surface area contributed by atoms with Crippen LogP contribution in [0.4, 0.5) is 0 Å². The van der Waals surface area contributed by atoms with E-state index in [1.54, 1.807) is 27.7 Å². The Morgan fingerprint density at radius 1 is 0.486 bits per heavy atom. The van der Waals surface area contributed by atoms with E-state index in [0.717, 1.165) is 77.0 Å². The Kier molecular flexibility index (Phi) is 29.4. The first kappa shape index (κ1) is 43.8. The Morgan fingerprint density at radius 3 is 1.24 bits per heavy atom. The normalized spacial score (nSPS) is 13.9. The molecular formula is C30H57O6Pr. The van der Waals surface area contributed by atoms with Crippen LogP contribution in [0.25, 0.3) is 0 Å². The molecule has 7 heteroatoms. The SMILES string of the molecule is CCCCC(C)(CCC)C(=O)[O-].CCCCCC(C)(CC)C(=O)[O-].CCCCCCC(C)(C)C(=O)[O-].[Pr+3]. The fraction of sp³-hybridized carbons (Fsp3) is 0.900. The van der Waals surface area contributed by atoms with E-state index in [1.165, 1.54) is 12.8 Å². The molecule has 0 spiro atoms. The predicted octanol–water partition coefficient (Wildman–Crippen LogP) is 5.20. The molecule has 0 aromatic rings. The van der Waals surface area contributed by atoms with Gasteiger partial charge in [0.05, 0.1) is 0 Å². The van der Waals surface area contributed by atoms with Crippen molar-refractivity contribution in [2.24, 2.45) is 16.2 Å². The van der Waals surface area contributed by atoms with Crippen molar-refractivity contribution in [1.29, 1.82) is 0 Å². The van der Waals surface area contributed by atoms with Crippen LogP contribution in [0.1, 0.15) is 159 Å². The van der Waals surface area contributed by atoms with Gasteiger partial charge in [0, 0.05) is 34.2 Å². The zero-order valence-corrected chi connectivity index (χ0v) is 29.3. The molecule has 0 aliphatic rings. The molecule has 0 fully saturated rings. The Bertz CT molecular complexity index is 593. The van der Waals surface area contributed by atoms with E-state index in [4.69, 9.17) is 0 Å². The summed E-state index contributed by atoms with van der Waals surface area (Å²) in [4.78, 5) is 32.1. The van der Waals surface area contributed by atoms with Gasteiger partial charge in [0.15, 0.2) is 0 Å². The first-order valence-electron chi connectivity index (χ1n) is 14.3. The summed E-state index contributed by atoms with van der Waals surface area (Å²) in [6, 6.07) is 0. The van der Waals surface area contributed by atoms with Gasteiger partial charge in [-0.3, -0.25) is 0 Å². The summed E-state index contributed by atoms with van der Waals surface area (Å²) < 4.78 is 0. The van der Waals surface area contributed by atoms with Gasteiger partial charge in [-0.15, -0.1) is 0 Å². The Labute approximate surface area is 262 Å². The van der Waals surface area contributed by atoms with Crippen LogP contribution in [-0.2, 0) is 14.4 Å². The van der Waals surface area contributed by atoms with Crippen molar-refractivity contribution >= 4 is 17.9 Å². The minimum Gasteiger partial charge on any atom is -0.550 e. The van der Waals surface area contributed by atoms with Crippen molar-refractivity contribution in [3.05, 3.63) is 0 Å². The summed E-state index contributed by atoms with van der Waals surface area (Å²) in [6.07, 6.45) is 14.3. The maximum atomic E-state index is 10.8. The van der Waals surface area contributed by atoms with E-state index in [0.29, 0.717) is 6.42 Å². The molecule has 0 radical (unpaired) electrons. The van der Waals surface area contributed by atoms with Crippen LogP contribution >= 0.6 is 0 Å². The first-order valence-corrected chi connectivity index (χ1v) is 14.3. The molecule has 6 nitrogen and oxygen atoms in total. The van der Waals surface area contributed by atoms with Crippen LogP contribution in [0, 0.1) is 57.5 Å². The number of carbonyl (C=O) groups excluding carboxylic acids is 3. The van der Waals surface area contributed by atoms with E-state index < -0.39 is 34.2 Å². The molecule has 0 amide bonds. The minimum absolute atomic E-state index is 0. The van der Waals surface area contributed by atoms with Crippen LogP contribution in [0.5, 0.6) is 0 Å². The van der Waals surface area contributed by atoms with Crippen molar-refractivity contribution in [3.63, 3.8) is 0 Å². The largest absolute Gasteiger partial charge is 3.00 e. The van der Waals surface area contributed by atoms with Gasteiger partial charge in [0.1, 0.15) is 0 Å². The molecule has 216 valence electrons. The number of carbonyl (C=O) groups is 3. The van der Waals surface area contributed by atoms with Crippen LogP contribution in [-0.4, -0.2) is 17.9 Å². The maximum Gasteiger partial charge on any atom is 3.00 e. The molecule has 37 heavy (non-hydrogen) atoms. The second-order valence-electron chi connectivity index (χ2n) is 11.3. The third-order valence-corrected chi connectivity index (χ3v) is 7.19. The molecule has 0 saturated carbocycles. The van der Waals surface area contributed by atoms with Gasteiger partial charge in [-0.1, -0.05) is 127 Å². The molecule has 0 N–H and O–H groups in total. The number of hydrogen-bond donors (Lipinski definition) is 0. The summed E-state index contributed by atoms with van der Waals surface area (Å²) in [5.74, 6) is -2.72. The first-order chi connectivity index (χ1) is 16.6. The predicted molar refractivity (Wildman–Crippen MR) is 143 cm³/mol. The van der Waals surface area contributed by atoms with E-state index in [1.807, 2.05) is 13.8 Å². The van der Waals surface area contributed by atoms with Gasteiger partial charge < -0.3 is 29.7 Å². The Balaban J connectivity index is -0.000000218. The number of carboxylic acid groups (broad SMARTS) is 3. The smallest absolute Gasteiger partial charge is 0.550 e. The summed E-state index contributed by atoms with van der Waals surface area (Å²) >= 11 is 0. The second kappa shape index (κ2) is 24.8. The van der Waals surface area contributed by atoms with Gasteiger partial charge in [-0.2, -0.15) is 0 Å². The van der Waals surface area contributed by atoms with Gasteiger partial charge >= 0.3 is 41.3 Å². The molecule has 0 rings (SSSR count). The summed E-state index contributed by atoms with van der Waals surface area (Å²) in [6.45, 7) is 17.3. The zero-order valence-electron chi connectivity index (χ0n) is 25.6. The van der Waals surface area contributed by atoms with Crippen LogP contribution < -0.4 is 15.3 Å². The van der Waals surface area contributed by atoms with Crippen LogP contribution in [0.2, 0.25) is 0 Å². The van der Waals surface area contributed by atoms with Gasteiger partial charge in [-0.25, -0.2) is 0 Å². The molecule has 0 aliphatic carbocycles. The standard InChI is InChI=1S/3C10H20O2.Pr/c1-4-5-6-7-8-10(2,3)9(11)12;1-4-6-7-8-10(3,5-2)9(11)12;1-4-6-8-10(3,7-5-2)9(11)12;/h3*4-8H2,1-3H3,(H,11,12);/q;;;+3/p-3. The number of aliphatic carboxylic acids is 3. The van der Waals surface area contributed by atoms with E-state index in [2.05, 4.69) is 20.8 Å². The van der Waals surface area contributed by atoms with Crippen molar-refractivity contribution in [2.45, 2.75) is 159 Å². The van der Waals surface area contributed by atoms with E-state index in [-0.39, 0.29) is 41.3 Å². The average molecular weight is 655 g/mol. The number of carboxylic acids is 3. The van der Waals surface area contributed by atoms with Crippen molar-refractivity contribution in [3.8, 4) is 0 Å². The average Bonchev–Trinajstić information content (AvgIpc) is 2.81. The van der Waals surface area contributed by atoms with Gasteiger partial charge in [0.2, 0.25) is 0 Å². The van der Waals surface area contributed by atoms with E-state index >= 15 is 0 Å². The van der Waals surface area contributed by atoms with Gasteiger partial charge in [-0.05, 0) is 32.1 Å². The molecule has 0 saturated heterocycles.